The van der Waals surface area contributed by atoms with Crippen LogP contribution in [0.5, 0.6) is 0 Å². The minimum Gasteiger partial charge on any atom is -0.273 e. The number of hydrogen-bond donors (Lipinski definition) is 0. The normalized spacial score (nSPS) is 27.6. The molecule has 2 amide bonds. The number of anilines is 2. The van der Waals surface area contributed by atoms with Gasteiger partial charge in [0.05, 0.1) is 17.3 Å². The summed E-state index contributed by atoms with van der Waals surface area (Å²) in [5.41, 5.74) is 3.32. The van der Waals surface area contributed by atoms with Gasteiger partial charge in [-0.05, 0) is 70.3 Å². The lowest BCUT2D eigenvalue weighted by Gasteiger charge is -2.55. The highest BCUT2D eigenvalue weighted by molar-refractivity contribution is 9.10. The largest absolute Gasteiger partial charge is 0.273 e. The first kappa shape index (κ1) is 26.2. The molecule has 5 aromatic rings. The van der Waals surface area contributed by atoms with Crippen LogP contribution in [0.2, 0.25) is 5.02 Å². The Morgan fingerprint density at radius 3 is 1.86 bits per heavy atom. The highest BCUT2D eigenvalue weighted by Gasteiger charge is 2.87. The quantitative estimate of drug-likeness (QED) is 0.183. The fourth-order valence-corrected chi connectivity index (χ4v) is 9.16. The molecular weight excluding hydrogens is 636 g/mol. The van der Waals surface area contributed by atoms with Crippen LogP contribution < -0.4 is 9.96 Å². The number of para-hydroxylation sites is 1. The van der Waals surface area contributed by atoms with E-state index in [4.69, 9.17) is 16.4 Å². The Morgan fingerprint density at radius 1 is 0.636 bits per heavy atom. The van der Waals surface area contributed by atoms with Gasteiger partial charge in [-0.3, -0.25) is 14.4 Å². The van der Waals surface area contributed by atoms with Crippen LogP contribution in [0.3, 0.4) is 0 Å². The maximum absolute atomic E-state index is 15.7. The zero-order chi connectivity index (χ0) is 29.8. The summed E-state index contributed by atoms with van der Waals surface area (Å²) in [6, 6.07) is 40.6. The third kappa shape index (κ3) is 3.03. The van der Waals surface area contributed by atoms with Gasteiger partial charge in [0.1, 0.15) is 11.5 Å². The number of imide groups is 1. The van der Waals surface area contributed by atoms with Gasteiger partial charge in [0.15, 0.2) is 0 Å². The lowest BCUT2D eigenvalue weighted by Crippen LogP contribution is -2.63. The van der Waals surface area contributed by atoms with Gasteiger partial charge in [-0.25, -0.2) is 9.96 Å². The summed E-state index contributed by atoms with van der Waals surface area (Å²) in [5, 5.41) is 2.29. The summed E-state index contributed by atoms with van der Waals surface area (Å²) in [4.78, 5) is 39.6. The molecule has 0 saturated carbocycles. The minimum atomic E-state index is -1.57. The molecule has 5 nitrogen and oxygen atoms in total. The van der Waals surface area contributed by atoms with Crippen molar-refractivity contribution < 1.29 is 14.4 Å². The molecule has 3 unspecified atom stereocenters. The van der Waals surface area contributed by atoms with Crippen molar-refractivity contribution in [3.63, 3.8) is 0 Å². The number of hydrogen-bond acceptors (Lipinski definition) is 4. The number of hydroxylamine groups is 1. The highest BCUT2D eigenvalue weighted by atomic mass is 79.9. The minimum absolute atomic E-state index is 0.285. The summed E-state index contributed by atoms with van der Waals surface area (Å²) < 4.78 is 0.877. The molecule has 5 aromatic carbocycles. The van der Waals surface area contributed by atoms with E-state index in [1.807, 2.05) is 83.9 Å². The molecule has 10 rings (SSSR count). The van der Waals surface area contributed by atoms with Crippen LogP contribution in [0.1, 0.15) is 45.7 Å². The maximum Gasteiger partial charge on any atom is 0.271 e. The third-order valence-corrected chi connectivity index (χ3v) is 10.7. The summed E-state index contributed by atoms with van der Waals surface area (Å²) in [6.07, 6.45) is 0. The van der Waals surface area contributed by atoms with Crippen LogP contribution >= 0.6 is 27.5 Å². The standard InChI is InChI=1S/C37H24BrClN2O3/c38-23-11-8-10-22(20-23)33-36-31-27-16-4-6-18-29(27)32(30-19-7-5-17-28(30)31)37(36,44-41(33)25-13-2-1-3-14-25)35(43)40(34(36)42)26-15-9-12-24(39)21-26/h1-21,31-33H. The first-order valence-electron chi connectivity index (χ1n) is 14.6. The van der Waals surface area contributed by atoms with Crippen LogP contribution in [0, 0.1) is 5.41 Å². The Kier molecular flexibility index (Phi) is 5.44. The molecular formula is C37H24BrClN2O3. The molecule has 2 aliphatic heterocycles. The first-order valence-corrected chi connectivity index (χ1v) is 15.8. The summed E-state index contributed by atoms with van der Waals surface area (Å²) in [5.74, 6) is -1.64. The third-order valence-electron chi connectivity index (χ3n) is 9.94. The van der Waals surface area contributed by atoms with E-state index in [2.05, 4.69) is 40.2 Å². The van der Waals surface area contributed by atoms with Gasteiger partial charge in [-0.2, -0.15) is 0 Å². The number of rotatable bonds is 3. The van der Waals surface area contributed by atoms with Gasteiger partial charge in [0, 0.05) is 15.4 Å². The number of amides is 2. The van der Waals surface area contributed by atoms with E-state index in [1.54, 1.807) is 24.3 Å². The van der Waals surface area contributed by atoms with E-state index < -0.39 is 28.9 Å². The van der Waals surface area contributed by atoms with E-state index >= 15 is 9.59 Å². The topological polar surface area (TPSA) is 49.9 Å². The van der Waals surface area contributed by atoms with Gasteiger partial charge >= 0.3 is 0 Å². The Morgan fingerprint density at radius 2 is 1.23 bits per heavy atom. The molecule has 0 N–H and O–H groups in total. The number of nitrogens with zero attached hydrogens (tertiary/aromatic N) is 2. The van der Waals surface area contributed by atoms with Crippen molar-refractivity contribution in [1.29, 1.82) is 0 Å². The molecule has 2 saturated heterocycles. The zero-order valence-electron chi connectivity index (χ0n) is 23.2. The van der Waals surface area contributed by atoms with Crippen LogP contribution in [-0.4, -0.2) is 17.4 Å². The Balaban J connectivity index is 1.44. The lowest BCUT2D eigenvalue weighted by atomic mass is 9.43. The fraction of sp³-hybridized carbons (Fsp3) is 0.135. The van der Waals surface area contributed by atoms with Crippen molar-refractivity contribution in [2.24, 2.45) is 5.41 Å². The molecule has 7 heteroatoms. The molecule has 3 aliphatic carbocycles. The molecule has 0 aromatic heterocycles. The lowest BCUT2D eigenvalue weighted by molar-refractivity contribution is -0.153. The average Bonchev–Trinajstić information content (AvgIpc) is 3.49. The molecule has 2 bridgehead atoms. The van der Waals surface area contributed by atoms with E-state index in [1.165, 1.54) is 4.90 Å². The van der Waals surface area contributed by atoms with Gasteiger partial charge in [0.2, 0.25) is 11.5 Å². The number of carbonyl (C=O) groups excluding carboxylic acids is 2. The molecule has 0 radical (unpaired) electrons. The van der Waals surface area contributed by atoms with Crippen molar-refractivity contribution in [2.45, 2.75) is 23.5 Å². The highest BCUT2D eigenvalue weighted by Crippen LogP contribution is 2.77. The van der Waals surface area contributed by atoms with Gasteiger partial charge in [-0.15, -0.1) is 0 Å². The molecule has 44 heavy (non-hydrogen) atoms. The van der Waals surface area contributed by atoms with Crippen molar-refractivity contribution in [2.75, 3.05) is 9.96 Å². The van der Waals surface area contributed by atoms with Crippen LogP contribution in [0.4, 0.5) is 11.4 Å². The van der Waals surface area contributed by atoms with E-state index in [0.29, 0.717) is 10.7 Å². The molecule has 2 heterocycles. The van der Waals surface area contributed by atoms with Crippen molar-refractivity contribution in [3.8, 4) is 0 Å². The Labute approximate surface area is 267 Å². The predicted octanol–water partition coefficient (Wildman–Crippen LogP) is 8.19. The zero-order valence-corrected chi connectivity index (χ0v) is 25.6. The van der Waals surface area contributed by atoms with E-state index in [0.717, 1.165) is 38.0 Å². The molecule has 3 atom stereocenters. The van der Waals surface area contributed by atoms with Crippen molar-refractivity contribution in [1.82, 2.24) is 0 Å². The second-order valence-corrected chi connectivity index (χ2v) is 13.2. The SMILES string of the molecule is O=C1N(c2cccc(Cl)c2)C(=O)C23C4c5ccccc5C(c5ccccc54)C12ON(c1ccccc1)C3c1cccc(Br)c1. The smallest absolute Gasteiger partial charge is 0.271 e. The summed E-state index contributed by atoms with van der Waals surface area (Å²) in [7, 11) is 0. The Hall–Kier alpha value is -4.23. The maximum atomic E-state index is 15.7. The van der Waals surface area contributed by atoms with Gasteiger partial charge in [0.25, 0.3) is 5.91 Å². The summed E-state index contributed by atoms with van der Waals surface area (Å²) in [6.45, 7) is 0. The van der Waals surface area contributed by atoms with E-state index in [-0.39, 0.29) is 11.8 Å². The predicted molar refractivity (Wildman–Crippen MR) is 173 cm³/mol. The fourth-order valence-electron chi connectivity index (χ4n) is 8.56. The molecule has 214 valence electrons. The van der Waals surface area contributed by atoms with Gasteiger partial charge < -0.3 is 0 Å². The number of carbonyl (C=O) groups is 2. The monoisotopic (exact) mass is 658 g/mol. The molecule has 0 spiro atoms. The second-order valence-electron chi connectivity index (χ2n) is 11.9. The second kappa shape index (κ2) is 9.14. The average molecular weight is 660 g/mol. The number of halogens is 2. The van der Waals surface area contributed by atoms with Crippen LogP contribution in [-0.2, 0) is 14.4 Å². The van der Waals surface area contributed by atoms with Gasteiger partial charge in [-0.1, -0.05) is 112 Å². The number of benzene rings is 5. The van der Waals surface area contributed by atoms with Crippen molar-refractivity contribution in [3.05, 3.63) is 165 Å². The summed E-state index contributed by atoms with van der Waals surface area (Å²) >= 11 is 10.1. The first-order chi connectivity index (χ1) is 21.5. The van der Waals surface area contributed by atoms with Crippen LogP contribution in [0.25, 0.3) is 0 Å². The van der Waals surface area contributed by atoms with E-state index in [9.17, 15) is 0 Å². The molecule has 2 fully saturated rings. The molecule has 5 aliphatic rings. The van der Waals surface area contributed by atoms with Crippen LogP contribution in [0.15, 0.2) is 132 Å². The Bertz CT molecular complexity index is 1990. The van der Waals surface area contributed by atoms with Crippen molar-refractivity contribution >= 4 is 50.7 Å².